The molecule has 1 unspecified atom stereocenters. The van der Waals surface area contributed by atoms with Crippen LogP contribution in [0.5, 0.6) is 5.75 Å². The van der Waals surface area contributed by atoms with E-state index in [9.17, 15) is 14.4 Å². The van der Waals surface area contributed by atoms with E-state index in [2.05, 4.69) is 16.0 Å². The summed E-state index contributed by atoms with van der Waals surface area (Å²) in [5.74, 6) is -0.456. The zero-order valence-corrected chi connectivity index (χ0v) is 19.3. The fourth-order valence-electron chi connectivity index (χ4n) is 3.30. The minimum atomic E-state index is -0.822. The van der Waals surface area contributed by atoms with Crippen LogP contribution in [-0.2, 0) is 16.0 Å². The van der Waals surface area contributed by atoms with Gasteiger partial charge in [0.15, 0.2) is 0 Å². The number of hydrogen-bond donors (Lipinski definition) is 3. The molecule has 0 spiro atoms. The largest absolute Gasteiger partial charge is 0.494 e. The standard InChI is InChI=1S/C27H29N3O4/c1-3-34-23-15-13-22(14-16-23)29-27(33)24(17-20-7-5-4-6-8-20)30-25(31)18-28-26(32)21-11-9-19(2)10-12-21/h4-16,24H,3,17-18H2,1-2H3,(H,28,32)(H,29,33)(H,30,31). The van der Waals surface area contributed by atoms with Crippen LogP contribution in [0.1, 0.15) is 28.4 Å². The Balaban J connectivity index is 1.63. The number of anilines is 1. The van der Waals surface area contributed by atoms with Gasteiger partial charge in [-0.2, -0.15) is 0 Å². The van der Waals surface area contributed by atoms with Crippen molar-refractivity contribution < 1.29 is 19.1 Å². The first-order valence-corrected chi connectivity index (χ1v) is 11.2. The second-order valence-electron chi connectivity index (χ2n) is 7.81. The van der Waals surface area contributed by atoms with Crippen molar-refractivity contribution in [2.45, 2.75) is 26.3 Å². The summed E-state index contributed by atoms with van der Waals surface area (Å²) in [5.41, 5.74) is 3.00. The third-order valence-electron chi connectivity index (χ3n) is 5.09. The molecule has 0 aliphatic rings. The second kappa shape index (κ2) is 12.2. The molecule has 0 saturated heterocycles. The maximum absolute atomic E-state index is 13.0. The molecule has 0 heterocycles. The lowest BCUT2D eigenvalue weighted by atomic mass is 10.0. The van der Waals surface area contributed by atoms with Gasteiger partial charge in [0.25, 0.3) is 5.91 Å². The molecule has 3 aromatic rings. The summed E-state index contributed by atoms with van der Waals surface area (Å²) in [6.07, 6.45) is 0.307. The molecular formula is C27H29N3O4. The second-order valence-corrected chi connectivity index (χ2v) is 7.81. The highest BCUT2D eigenvalue weighted by atomic mass is 16.5. The minimum absolute atomic E-state index is 0.242. The average Bonchev–Trinajstić information content (AvgIpc) is 2.84. The first kappa shape index (κ1) is 24.5. The lowest BCUT2D eigenvalue weighted by Gasteiger charge is -2.19. The highest BCUT2D eigenvalue weighted by Gasteiger charge is 2.22. The Morgan fingerprint density at radius 1 is 0.882 bits per heavy atom. The first-order valence-electron chi connectivity index (χ1n) is 11.2. The van der Waals surface area contributed by atoms with Gasteiger partial charge in [0.1, 0.15) is 11.8 Å². The van der Waals surface area contributed by atoms with Crippen molar-refractivity contribution in [3.8, 4) is 5.75 Å². The van der Waals surface area contributed by atoms with Crippen LogP contribution in [0.4, 0.5) is 5.69 Å². The molecule has 0 fully saturated rings. The number of carbonyl (C=O) groups excluding carboxylic acids is 3. The van der Waals surface area contributed by atoms with Gasteiger partial charge in [0.2, 0.25) is 11.8 Å². The Kier molecular flexibility index (Phi) is 8.80. The number of carbonyl (C=O) groups is 3. The smallest absolute Gasteiger partial charge is 0.251 e. The molecule has 3 amide bonds. The molecule has 3 aromatic carbocycles. The molecule has 0 aromatic heterocycles. The number of rotatable bonds is 10. The van der Waals surface area contributed by atoms with Gasteiger partial charge in [-0.1, -0.05) is 48.0 Å². The Bertz CT molecular complexity index is 1100. The number of hydrogen-bond acceptors (Lipinski definition) is 4. The van der Waals surface area contributed by atoms with Crippen molar-refractivity contribution in [1.29, 1.82) is 0 Å². The van der Waals surface area contributed by atoms with E-state index in [4.69, 9.17) is 4.74 Å². The van der Waals surface area contributed by atoms with Gasteiger partial charge in [0.05, 0.1) is 13.2 Å². The fraction of sp³-hybridized carbons (Fsp3) is 0.222. The Morgan fingerprint density at radius 2 is 1.56 bits per heavy atom. The lowest BCUT2D eigenvalue weighted by Crippen LogP contribution is -2.48. The van der Waals surface area contributed by atoms with E-state index in [-0.39, 0.29) is 18.4 Å². The van der Waals surface area contributed by atoms with Crippen molar-refractivity contribution in [2.75, 3.05) is 18.5 Å². The van der Waals surface area contributed by atoms with Gasteiger partial charge in [-0.25, -0.2) is 0 Å². The van der Waals surface area contributed by atoms with E-state index in [0.29, 0.717) is 30.0 Å². The lowest BCUT2D eigenvalue weighted by molar-refractivity contribution is -0.125. The number of amides is 3. The van der Waals surface area contributed by atoms with E-state index in [1.54, 1.807) is 36.4 Å². The SMILES string of the molecule is CCOc1ccc(NC(=O)C(Cc2ccccc2)NC(=O)CNC(=O)c2ccc(C)cc2)cc1. The summed E-state index contributed by atoms with van der Waals surface area (Å²) in [6, 6.07) is 22.7. The summed E-state index contributed by atoms with van der Waals surface area (Å²) in [7, 11) is 0. The molecular weight excluding hydrogens is 430 g/mol. The van der Waals surface area contributed by atoms with Crippen LogP contribution in [0, 0.1) is 6.92 Å². The van der Waals surface area contributed by atoms with Crippen LogP contribution >= 0.6 is 0 Å². The number of aryl methyl sites for hydroxylation is 1. The Hall–Kier alpha value is -4.13. The quantitative estimate of drug-likeness (QED) is 0.432. The summed E-state index contributed by atoms with van der Waals surface area (Å²) in [4.78, 5) is 37.9. The number of nitrogens with one attached hydrogen (secondary N) is 3. The highest BCUT2D eigenvalue weighted by molar-refractivity contribution is 5.99. The van der Waals surface area contributed by atoms with Gasteiger partial charge in [-0.15, -0.1) is 0 Å². The maximum atomic E-state index is 13.0. The predicted octanol–water partition coefficient (Wildman–Crippen LogP) is 3.49. The number of benzene rings is 3. The van der Waals surface area contributed by atoms with Crippen molar-refractivity contribution in [2.24, 2.45) is 0 Å². The van der Waals surface area contributed by atoms with Crippen molar-refractivity contribution in [3.05, 3.63) is 95.6 Å². The third kappa shape index (κ3) is 7.48. The maximum Gasteiger partial charge on any atom is 0.251 e. The van der Waals surface area contributed by atoms with E-state index >= 15 is 0 Å². The van der Waals surface area contributed by atoms with E-state index in [1.807, 2.05) is 56.3 Å². The Labute approximate surface area is 199 Å². The molecule has 1 atom stereocenters. The van der Waals surface area contributed by atoms with E-state index < -0.39 is 11.9 Å². The van der Waals surface area contributed by atoms with E-state index in [0.717, 1.165) is 11.1 Å². The van der Waals surface area contributed by atoms with Crippen molar-refractivity contribution in [3.63, 3.8) is 0 Å². The van der Waals surface area contributed by atoms with Crippen LogP contribution in [0.2, 0.25) is 0 Å². The zero-order valence-electron chi connectivity index (χ0n) is 19.3. The summed E-state index contributed by atoms with van der Waals surface area (Å²) < 4.78 is 5.42. The molecule has 176 valence electrons. The predicted molar refractivity (Wildman–Crippen MR) is 132 cm³/mol. The molecule has 3 N–H and O–H groups in total. The van der Waals surface area contributed by atoms with Crippen LogP contribution in [0.15, 0.2) is 78.9 Å². The molecule has 0 saturated carbocycles. The average molecular weight is 460 g/mol. The molecule has 0 bridgehead atoms. The van der Waals surface area contributed by atoms with Crippen LogP contribution in [0.3, 0.4) is 0 Å². The van der Waals surface area contributed by atoms with Gasteiger partial charge in [-0.3, -0.25) is 14.4 Å². The normalized spacial score (nSPS) is 11.2. The molecule has 0 aliphatic heterocycles. The topological polar surface area (TPSA) is 96.5 Å². The highest BCUT2D eigenvalue weighted by Crippen LogP contribution is 2.16. The third-order valence-corrected chi connectivity index (χ3v) is 5.09. The minimum Gasteiger partial charge on any atom is -0.494 e. The summed E-state index contributed by atoms with van der Waals surface area (Å²) in [6.45, 7) is 4.14. The van der Waals surface area contributed by atoms with Gasteiger partial charge < -0.3 is 20.7 Å². The van der Waals surface area contributed by atoms with Gasteiger partial charge in [0, 0.05) is 17.7 Å². The van der Waals surface area contributed by atoms with Crippen LogP contribution in [0.25, 0.3) is 0 Å². The Morgan fingerprint density at radius 3 is 2.21 bits per heavy atom. The van der Waals surface area contributed by atoms with Crippen LogP contribution < -0.4 is 20.7 Å². The summed E-state index contributed by atoms with van der Waals surface area (Å²) in [5, 5.41) is 8.18. The molecule has 0 aliphatic carbocycles. The molecule has 7 nitrogen and oxygen atoms in total. The first-order chi connectivity index (χ1) is 16.4. The molecule has 0 radical (unpaired) electrons. The van der Waals surface area contributed by atoms with Crippen molar-refractivity contribution >= 4 is 23.4 Å². The molecule has 34 heavy (non-hydrogen) atoms. The van der Waals surface area contributed by atoms with E-state index in [1.165, 1.54) is 0 Å². The fourth-order valence-corrected chi connectivity index (χ4v) is 3.30. The molecule has 7 heteroatoms. The van der Waals surface area contributed by atoms with Gasteiger partial charge >= 0.3 is 0 Å². The van der Waals surface area contributed by atoms with Crippen LogP contribution in [-0.4, -0.2) is 36.9 Å². The summed E-state index contributed by atoms with van der Waals surface area (Å²) >= 11 is 0. The zero-order chi connectivity index (χ0) is 24.3. The monoisotopic (exact) mass is 459 g/mol. The van der Waals surface area contributed by atoms with Gasteiger partial charge in [-0.05, 0) is 55.8 Å². The van der Waals surface area contributed by atoms with Crippen molar-refractivity contribution in [1.82, 2.24) is 10.6 Å². The number of ether oxygens (including phenoxy) is 1. The molecule has 3 rings (SSSR count).